The number of hydrogen-bond donors (Lipinski definition) is 3. The van der Waals surface area contributed by atoms with Crippen molar-refractivity contribution in [1.82, 2.24) is 20.4 Å². The molecule has 23 heavy (non-hydrogen) atoms. The van der Waals surface area contributed by atoms with E-state index in [1.165, 1.54) is 5.56 Å². The first-order chi connectivity index (χ1) is 11.3. The van der Waals surface area contributed by atoms with E-state index in [9.17, 15) is 4.79 Å². The van der Waals surface area contributed by atoms with E-state index in [4.69, 9.17) is 0 Å². The number of rotatable bonds is 6. The van der Waals surface area contributed by atoms with E-state index >= 15 is 0 Å². The topological polar surface area (TPSA) is 71.0 Å². The molecule has 2 aromatic rings. The molecular weight excluding hydrogens is 290 g/mol. The standard InChI is InChI=1S/C17H23N5O/c1-2-19-17(23)15-5-3-13(4-6-15)9-18-10-14-11-20-16-7-8-21-22(16)12-14/h3-8,14,18,20H,2,9-12H2,1H3,(H,19,23)/t14-/m0/s1. The molecule has 3 N–H and O–H groups in total. The maximum absolute atomic E-state index is 11.7. The highest BCUT2D eigenvalue weighted by Crippen LogP contribution is 2.15. The summed E-state index contributed by atoms with van der Waals surface area (Å²) in [6, 6.07) is 9.75. The molecular formula is C17H23N5O. The average molecular weight is 313 g/mol. The summed E-state index contributed by atoms with van der Waals surface area (Å²) in [7, 11) is 0. The van der Waals surface area contributed by atoms with E-state index in [0.717, 1.165) is 32.0 Å². The monoisotopic (exact) mass is 313 g/mol. The maximum Gasteiger partial charge on any atom is 0.251 e. The van der Waals surface area contributed by atoms with Gasteiger partial charge in [0.05, 0.1) is 6.20 Å². The third-order valence-corrected chi connectivity index (χ3v) is 4.04. The number of nitrogens with one attached hydrogen (secondary N) is 3. The van der Waals surface area contributed by atoms with E-state index < -0.39 is 0 Å². The van der Waals surface area contributed by atoms with E-state index in [1.807, 2.05) is 48.1 Å². The Hall–Kier alpha value is -2.34. The summed E-state index contributed by atoms with van der Waals surface area (Å²) in [4.78, 5) is 11.7. The van der Waals surface area contributed by atoms with Gasteiger partial charge in [0.1, 0.15) is 5.82 Å². The summed E-state index contributed by atoms with van der Waals surface area (Å²) in [5.41, 5.74) is 1.89. The number of aromatic nitrogens is 2. The first-order valence-corrected chi connectivity index (χ1v) is 8.10. The Labute approximate surface area is 136 Å². The van der Waals surface area contributed by atoms with Crippen LogP contribution in [0.5, 0.6) is 0 Å². The highest BCUT2D eigenvalue weighted by atomic mass is 16.1. The summed E-state index contributed by atoms with van der Waals surface area (Å²) < 4.78 is 2.01. The molecule has 1 aromatic heterocycles. The lowest BCUT2D eigenvalue weighted by Crippen LogP contribution is -2.35. The molecule has 6 nitrogen and oxygen atoms in total. The zero-order valence-electron chi connectivity index (χ0n) is 13.4. The van der Waals surface area contributed by atoms with Gasteiger partial charge >= 0.3 is 0 Å². The van der Waals surface area contributed by atoms with Crippen molar-refractivity contribution >= 4 is 11.7 Å². The van der Waals surface area contributed by atoms with Crippen LogP contribution in [0.25, 0.3) is 0 Å². The number of carbonyl (C=O) groups excluding carboxylic acids is 1. The van der Waals surface area contributed by atoms with Crippen LogP contribution in [0.1, 0.15) is 22.8 Å². The lowest BCUT2D eigenvalue weighted by Gasteiger charge is -2.25. The third-order valence-electron chi connectivity index (χ3n) is 4.04. The Morgan fingerprint density at radius 3 is 2.96 bits per heavy atom. The van der Waals surface area contributed by atoms with E-state index in [2.05, 4.69) is 21.0 Å². The molecule has 0 aliphatic carbocycles. The zero-order chi connectivity index (χ0) is 16.1. The second-order valence-electron chi connectivity index (χ2n) is 5.83. The Balaban J connectivity index is 1.45. The fraction of sp³-hybridized carbons (Fsp3) is 0.412. The summed E-state index contributed by atoms with van der Waals surface area (Å²) in [6.07, 6.45) is 1.83. The Morgan fingerprint density at radius 2 is 2.17 bits per heavy atom. The molecule has 1 amide bonds. The molecule has 1 aromatic carbocycles. The van der Waals surface area contributed by atoms with Gasteiger partial charge in [0.2, 0.25) is 0 Å². The minimum atomic E-state index is -0.0182. The molecule has 3 rings (SSSR count). The van der Waals surface area contributed by atoms with E-state index in [-0.39, 0.29) is 5.91 Å². The first kappa shape index (κ1) is 15.6. The van der Waals surface area contributed by atoms with Gasteiger partial charge in [-0.2, -0.15) is 5.10 Å². The van der Waals surface area contributed by atoms with Crippen molar-refractivity contribution < 1.29 is 4.79 Å². The predicted octanol–water partition coefficient (Wildman–Crippen LogP) is 1.46. The van der Waals surface area contributed by atoms with Crippen molar-refractivity contribution in [3.63, 3.8) is 0 Å². The molecule has 1 aliphatic rings. The highest BCUT2D eigenvalue weighted by Gasteiger charge is 2.17. The molecule has 0 bridgehead atoms. The van der Waals surface area contributed by atoms with Crippen LogP contribution in [0.3, 0.4) is 0 Å². The molecule has 0 radical (unpaired) electrons. The smallest absolute Gasteiger partial charge is 0.251 e. The molecule has 1 atom stereocenters. The molecule has 0 saturated heterocycles. The predicted molar refractivity (Wildman–Crippen MR) is 90.4 cm³/mol. The quantitative estimate of drug-likeness (QED) is 0.755. The van der Waals surface area contributed by atoms with Crippen molar-refractivity contribution in [3.8, 4) is 0 Å². The molecule has 1 aliphatic heterocycles. The van der Waals surface area contributed by atoms with Crippen molar-refractivity contribution in [1.29, 1.82) is 0 Å². The van der Waals surface area contributed by atoms with Gasteiger partial charge in [0.15, 0.2) is 0 Å². The maximum atomic E-state index is 11.7. The van der Waals surface area contributed by atoms with Crippen molar-refractivity contribution in [2.45, 2.75) is 20.0 Å². The number of benzene rings is 1. The second kappa shape index (κ2) is 7.28. The number of amides is 1. The van der Waals surface area contributed by atoms with E-state index in [0.29, 0.717) is 18.0 Å². The number of nitrogens with zero attached hydrogens (tertiary/aromatic N) is 2. The summed E-state index contributed by atoms with van der Waals surface area (Å²) >= 11 is 0. The second-order valence-corrected chi connectivity index (χ2v) is 5.83. The van der Waals surface area contributed by atoms with Crippen LogP contribution in [-0.2, 0) is 13.1 Å². The molecule has 6 heteroatoms. The van der Waals surface area contributed by atoms with E-state index in [1.54, 1.807) is 0 Å². The van der Waals surface area contributed by atoms with Crippen molar-refractivity contribution in [3.05, 3.63) is 47.7 Å². The summed E-state index contributed by atoms with van der Waals surface area (Å²) in [5.74, 6) is 1.61. The zero-order valence-corrected chi connectivity index (χ0v) is 13.4. The van der Waals surface area contributed by atoms with Gasteiger partial charge in [-0.15, -0.1) is 0 Å². The largest absolute Gasteiger partial charge is 0.370 e. The summed E-state index contributed by atoms with van der Waals surface area (Å²) in [6.45, 7) is 6.22. The third kappa shape index (κ3) is 3.90. The Morgan fingerprint density at radius 1 is 1.35 bits per heavy atom. The minimum absolute atomic E-state index is 0.0182. The first-order valence-electron chi connectivity index (χ1n) is 8.10. The SMILES string of the molecule is CCNC(=O)c1ccc(CNC[C@H]2CNc3ccnn3C2)cc1. The molecule has 0 spiro atoms. The van der Waals surface area contributed by atoms with Crippen LogP contribution >= 0.6 is 0 Å². The highest BCUT2D eigenvalue weighted by molar-refractivity contribution is 5.94. The minimum Gasteiger partial charge on any atom is -0.370 e. The fourth-order valence-electron chi connectivity index (χ4n) is 2.78. The average Bonchev–Trinajstić information content (AvgIpc) is 3.03. The van der Waals surface area contributed by atoms with Gasteiger partial charge in [0, 0.05) is 50.3 Å². The number of carbonyl (C=O) groups is 1. The number of hydrogen-bond acceptors (Lipinski definition) is 4. The van der Waals surface area contributed by atoms with Crippen LogP contribution in [0.15, 0.2) is 36.5 Å². The molecule has 0 saturated carbocycles. The van der Waals surface area contributed by atoms with Crippen LogP contribution in [0.2, 0.25) is 0 Å². The van der Waals surface area contributed by atoms with Crippen LogP contribution < -0.4 is 16.0 Å². The van der Waals surface area contributed by atoms with Gasteiger partial charge in [-0.05, 0) is 24.6 Å². The molecule has 122 valence electrons. The normalized spacial score (nSPS) is 16.5. The lowest BCUT2D eigenvalue weighted by atomic mass is 10.1. The number of anilines is 1. The van der Waals surface area contributed by atoms with Crippen molar-refractivity contribution in [2.75, 3.05) is 25.0 Å². The van der Waals surface area contributed by atoms with Gasteiger partial charge in [-0.25, -0.2) is 4.68 Å². The molecule has 0 unspecified atom stereocenters. The Bertz CT molecular complexity index is 649. The lowest BCUT2D eigenvalue weighted by molar-refractivity contribution is 0.0956. The molecule has 2 heterocycles. The Kier molecular flexibility index (Phi) is 4.92. The van der Waals surface area contributed by atoms with Crippen molar-refractivity contribution in [2.24, 2.45) is 5.92 Å². The van der Waals surface area contributed by atoms with Gasteiger partial charge in [0.25, 0.3) is 5.91 Å². The van der Waals surface area contributed by atoms with Crippen LogP contribution in [0.4, 0.5) is 5.82 Å². The van der Waals surface area contributed by atoms with Crippen LogP contribution in [0, 0.1) is 5.92 Å². The van der Waals surface area contributed by atoms with Gasteiger partial charge in [-0.3, -0.25) is 4.79 Å². The van der Waals surface area contributed by atoms with Gasteiger partial charge in [-0.1, -0.05) is 12.1 Å². The van der Waals surface area contributed by atoms with Crippen LogP contribution in [-0.4, -0.2) is 35.3 Å². The molecule has 0 fully saturated rings. The fourth-order valence-corrected chi connectivity index (χ4v) is 2.78. The van der Waals surface area contributed by atoms with Gasteiger partial charge < -0.3 is 16.0 Å². The summed E-state index contributed by atoms with van der Waals surface area (Å²) in [5, 5.41) is 14.0. The number of fused-ring (bicyclic) bond motifs is 1.